The molecule has 1 amide bonds. The van der Waals surface area contributed by atoms with Crippen LogP contribution in [-0.2, 0) is 11.0 Å². The van der Waals surface area contributed by atoms with Crippen molar-refractivity contribution in [1.29, 1.82) is 0 Å². The minimum atomic E-state index is -4.73. The molecular formula is C11H8BrF4NO. The molecule has 7 heteroatoms. The largest absolute Gasteiger partial charge is 0.418 e. The quantitative estimate of drug-likeness (QED) is 0.819. The van der Waals surface area contributed by atoms with Crippen LogP contribution in [0.3, 0.4) is 0 Å². The fourth-order valence-corrected chi connectivity index (χ4v) is 2.03. The zero-order valence-corrected chi connectivity index (χ0v) is 10.5. The average Bonchev–Trinajstić information content (AvgIpc) is 3.03. The van der Waals surface area contributed by atoms with Gasteiger partial charge in [-0.3, -0.25) is 4.79 Å². The highest BCUT2D eigenvalue weighted by Crippen LogP contribution is 2.40. The van der Waals surface area contributed by atoms with Crippen molar-refractivity contribution in [2.24, 2.45) is 5.92 Å². The van der Waals surface area contributed by atoms with Gasteiger partial charge in [-0.2, -0.15) is 13.2 Å². The number of anilines is 1. The van der Waals surface area contributed by atoms with Gasteiger partial charge in [-0.1, -0.05) is 0 Å². The highest BCUT2D eigenvalue weighted by Gasteiger charge is 2.37. The van der Waals surface area contributed by atoms with Crippen LogP contribution in [0.1, 0.15) is 18.4 Å². The van der Waals surface area contributed by atoms with E-state index in [1.807, 2.05) is 0 Å². The third-order valence-electron chi connectivity index (χ3n) is 2.56. The number of hydrogen-bond donors (Lipinski definition) is 1. The Kier molecular flexibility index (Phi) is 3.35. The molecular weight excluding hydrogens is 318 g/mol. The summed E-state index contributed by atoms with van der Waals surface area (Å²) in [6.07, 6.45) is -3.38. The first-order chi connectivity index (χ1) is 8.29. The molecule has 2 rings (SSSR count). The fourth-order valence-electron chi connectivity index (χ4n) is 1.49. The molecule has 1 aromatic carbocycles. The molecule has 0 radical (unpaired) electrons. The lowest BCUT2D eigenvalue weighted by atomic mass is 10.1. The van der Waals surface area contributed by atoms with E-state index >= 15 is 0 Å². The van der Waals surface area contributed by atoms with Crippen LogP contribution in [0.2, 0.25) is 0 Å². The molecule has 0 spiro atoms. The summed E-state index contributed by atoms with van der Waals surface area (Å²) in [6, 6.07) is 1.25. The fraction of sp³-hybridized carbons (Fsp3) is 0.364. The molecule has 0 heterocycles. The number of halogens is 5. The molecule has 0 aliphatic heterocycles. The summed E-state index contributed by atoms with van der Waals surface area (Å²) in [5.41, 5.74) is -1.62. The summed E-state index contributed by atoms with van der Waals surface area (Å²) in [4.78, 5) is 11.5. The molecule has 1 aromatic rings. The van der Waals surface area contributed by atoms with Crippen molar-refractivity contribution in [1.82, 2.24) is 0 Å². The zero-order valence-electron chi connectivity index (χ0n) is 8.94. The summed E-state index contributed by atoms with van der Waals surface area (Å²) in [5, 5.41) is 2.20. The van der Waals surface area contributed by atoms with Crippen LogP contribution in [0.15, 0.2) is 16.6 Å². The molecule has 0 unspecified atom stereocenters. The van der Waals surface area contributed by atoms with Crippen LogP contribution >= 0.6 is 15.9 Å². The number of nitrogens with one attached hydrogen (secondary N) is 1. The Hall–Kier alpha value is -1.11. The van der Waals surface area contributed by atoms with E-state index in [2.05, 4.69) is 21.2 Å². The predicted molar refractivity (Wildman–Crippen MR) is 60.5 cm³/mol. The maximum absolute atomic E-state index is 13.0. The number of hydrogen-bond acceptors (Lipinski definition) is 1. The lowest BCUT2D eigenvalue weighted by Crippen LogP contribution is -2.18. The van der Waals surface area contributed by atoms with Crippen molar-refractivity contribution in [3.05, 3.63) is 28.0 Å². The van der Waals surface area contributed by atoms with E-state index < -0.39 is 29.2 Å². The van der Waals surface area contributed by atoms with Gasteiger partial charge in [0.05, 0.1) is 11.3 Å². The first-order valence-electron chi connectivity index (χ1n) is 5.16. The molecule has 98 valence electrons. The van der Waals surface area contributed by atoms with Crippen LogP contribution in [0.4, 0.5) is 23.2 Å². The van der Waals surface area contributed by atoms with Gasteiger partial charge in [0, 0.05) is 10.4 Å². The molecule has 0 aromatic heterocycles. The van der Waals surface area contributed by atoms with Gasteiger partial charge in [-0.15, -0.1) is 0 Å². The minimum absolute atomic E-state index is 0.121. The normalized spacial score (nSPS) is 15.6. The topological polar surface area (TPSA) is 29.1 Å². The number of rotatable bonds is 2. The summed E-state index contributed by atoms with van der Waals surface area (Å²) in [7, 11) is 0. The van der Waals surface area contributed by atoms with Gasteiger partial charge < -0.3 is 5.32 Å². The first-order valence-corrected chi connectivity index (χ1v) is 5.95. The lowest BCUT2D eigenvalue weighted by molar-refractivity contribution is -0.137. The highest BCUT2D eigenvalue weighted by atomic mass is 79.9. The Morgan fingerprint density at radius 1 is 1.33 bits per heavy atom. The Balaban J connectivity index is 2.40. The van der Waals surface area contributed by atoms with Gasteiger partial charge in [0.25, 0.3) is 0 Å². The van der Waals surface area contributed by atoms with Crippen LogP contribution < -0.4 is 5.32 Å². The summed E-state index contributed by atoms with van der Waals surface area (Å²) in [5.74, 6) is -1.71. The number of amides is 1. The molecule has 1 N–H and O–H groups in total. The standard InChI is InChI=1S/C11H8BrF4NO/c12-8-4-6(13)3-7(11(14,15)16)9(8)17-10(18)5-1-2-5/h3-5H,1-2H2,(H,17,18). The summed E-state index contributed by atoms with van der Waals surface area (Å²) in [6.45, 7) is 0. The molecule has 18 heavy (non-hydrogen) atoms. The molecule has 2 nitrogen and oxygen atoms in total. The lowest BCUT2D eigenvalue weighted by Gasteiger charge is -2.15. The predicted octanol–water partition coefficient (Wildman–Crippen LogP) is 3.96. The first kappa shape index (κ1) is 13.3. The van der Waals surface area contributed by atoms with Gasteiger partial charge in [0.15, 0.2) is 0 Å². The van der Waals surface area contributed by atoms with E-state index in [0.29, 0.717) is 18.9 Å². The SMILES string of the molecule is O=C(Nc1c(Br)cc(F)cc1C(F)(F)F)C1CC1. The highest BCUT2D eigenvalue weighted by molar-refractivity contribution is 9.10. The molecule has 1 aliphatic carbocycles. The summed E-state index contributed by atoms with van der Waals surface area (Å²) >= 11 is 2.83. The molecule has 0 saturated heterocycles. The van der Waals surface area contributed by atoms with Crippen molar-refractivity contribution in [3.8, 4) is 0 Å². The third-order valence-corrected chi connectivity index (χ3v) is 3.18. The van der Waals surface area contributed by atoms with Crippen molar-refractivity contribution >= 4 is 27.5 Å². The Morgan fingerprint density at radius 2 is 1.94 bits per heavy atom. The van der Waals surface area contributed by atoms with Crippen LogP contribution in [0, 0.1) is 11.7 Å². The number of benzene rings is 1. The molecule has 1 fully saturated rings. The monoisotopic (exact) mass is 325 g/mol. The van der Waals surface area contributed by atoms with E-state index in [-0.39, 0.29) is 10.4 Å². The second kappa shape index (κ2) is 4.53. The van der Waals surface area contributed by atoms with Crippen molar-refractivity contribution < 1.29 is 22.4 Å². The van der Waals surface area contributed by atoms with Crippen LogP contribution in [-0.4, -0.2) is 5.91 Å². The second-order valence-electron chi connectivity index (χ2n) is 4.07. The van der Waals surface area contributed by atoms with E-state index in [4.69, 9.17) is 0 Å². The number of carbonyl (C=O) groups is 1. The van der Waals surface area contributed by atoms with E-state index in [0.717, 1.165) is 6.07 Å². The van der Waals surface area contributed by atoms with Crippen molar-refractivity contribution in [3.63, 3.8) is 0 Å². The van der Waals surface area contributed by atoms with Gasteiger partial charge in [-0.05, 0) is 40.9 Å². The molecule has 1 saturated carbocycles. The zero-order chi connectivity index (χ0) is 13.5. The van der Waals surface area contributed by atoms with E-state index in [1.54, 1.807) is 0 Å². The molecule has 1 aliphatic rings. The molecule has 0 bridgehead atoms. The van der Waals surface area contributed by atoms with Gasteiger partial charge in [0.2, 0.25) is 5.91 Å². The van der Waals surface area contributed by atoms with Crippen molar-refractivity contribution in [2.75, 3.05) is 5.32 Å². The summed E-state index contributed by atoms with van der Waals surface area (Å²) < 4.78 is 51.1. The average molecular weight is 326 g/mol. The smallest absolute Gasteiger partial charge is 0.324 e. The van der Waals surface area contributed by atoms with Crippen molar-refractivity contribution in [2.45, 2.75) is 19.0 Å². The minimum Gasteiger partial charge on any atom is -0.324 e. The second-order valence-corrected chi connectivity index (χ2v) is 4.93. The number of alkyl halides is 3. The van der Waals surface area contributed by atoms with E-state index in [9.17, 15) is 22.4 Å². The number of carbonyl (C=O) groups excluding carboxylic acids is 1. The maximum Gasteiger partial charge on any atom is 0.418 e. The van der Waals surface area contributed by atoms with Gasteiger partial charge in [0.1, 0.15) is 5.82 Å². The maximum atomic E-state index is 13.0. The molecule has 0 atom stereocenters. The van der Waals surface area contributed by atoms with Gasteiger partial charge >= 0.3 is 6.18 Å². The van der Waals surface area contributed by atoms with Crippen LogP contribution in [0.25, 0.3) is 0 Å². The van der Waals surface area contributed by atoms with Gasteiger partial charge in [-0.25, -0.2) is 4.39 Å². The van der Waals surface area contributed by atoms with E-state index in [1.165, 1.54) is 0 Å². The Labute approximate surface area is 108 Å². The van der Waals surface area contributed by atoms with Crippen LogP contribution in [0.5, 0.6) is 0 Å². The third kappa shape index (κ3) is 2.82. The Bertz CT molecular complexity index is 497. The Morgan fingerprint density at radius 3 is 2.44 bits per heavy atom.